The summed E-state index contributed by atoms with van der Waals surface area (Å²) >= 11 is 5.78. The zero-order chi connectivity index (χ0) is 9.26. The molecule has 0 amide bonds. The van der Waals surface area contributed by atoms with E-state index in [0.29, 0.717) is 5.15 Å². The summed E-state index contributed by atoms with van der Waals surface area (Å²) in [5.41, 5.74) is 1.07. The van der Waals surface area contributed by atoms with Gasteiger partial charge in [0.05, 0.1) is 0 Å². The summed E-state index contributed by atoms with van der Waals surface area (Å²) in [4.78, 5) is 4.04. The molecule has 0 fully saturated rings. The molecule has 13 heavy (non-hydrogen) atoms. The fraction of sp³-hybridized carbons (Fsp3) is 0.100. The average molecular weight is 193 g/mol. The van der Waals surface area contributed by atoms with Crippen molar-refractivity contribution in [3.05, 3.63) is 35.6 Å². The molecule has 0 bridgehead atoms. The van der Waals surface area contributed by atoms with E-state index < -0.39 is 0 Å². The van der Waals surface area contributed by atoms with Crippen molar-refractivity contribution in [3.63, 3.8) is 0 Å². The molecule has 2 aromatic rings. The highest BCUT2D eigenvalue weighted by atomic mass is 35.5. The van der Waals surface area contributed by atoms with E-state index in [9.17, 15) is 0 Å². The lowest BCUT2D eigenvalue weighted by Gasteiger charge is -2.04. The number of nitrogens with zero attached hydrogens (tertiary/aromatic N) is 1. The first kappa shape index (κ1) is 8.32. The third kappa shape index (κ3) is 1.45. The van der Waals surface area contributed by atoms with Crippen LogP contribution in [0.4, 0.5) is 5.69 Å². The quantitative estimate of drug-likeness (QED) is 0.703. The van der Waals surface area contributed by atoms with Gasteiger partial charge < -0.3 is 5.32 Å². The highest BCUT2D eigenvalue weighted by molar-refractivity contribution is 6.30. The van der Waals surface area contributed by atoms with Gasteiger partial charge in [-0.25, -0.2) is 4.98 Å². The number of nitrogens with one attached hydrogen (secondary N) is 1. The Labute approximate surface area is 81.6 Å². The maximum atomic E-state index is 5.78. The first-order chi connectivity index (χ1) is 6.31. The molecule has 0 saturated carbocycles. The van der Waals surface area contributed by atoms with E-state index in [0.717, 1.165) is 16.5 Å². The second-order valence-electron chi connectivity index (χ2n) is 2.78. The number of benzene rings is 1. The van der Waals surface area contributed by atoms with E-state index in [1.54, 1.807) is 6.20 Å². The molecule has 0 aliphatic rings. The Kier molecular flexibility index (Phi) is 2.07. The SMILES string of the molecule is CNc1cccc2cc(Cl)ncc12. The molecular weight excluding hydrogens is 184 g/mol. The first-order valence-electron chi connectivity index (χ1n) is 4.03. The molecule has 2 rings (SSSR count). The summed E-state index contributed by atoms with van der Waals surface area (Å²) in [6.45, 7) is 0. The molecule has 0 saturated heterocycles. The van der Waals surface area contributed by atoms with E-state index >= 15 is 0 Å². The fourth-order valence-electron chi connectivity index (χ4n) is 1.36. The van der Waals surface area contributed by atoms with Crippen LogP contribution < -0.4 is 5.32 Å². The van der Waals surface area contributed by atoms with Crippen LogP contribution in [0.1, 0.15) is 0 Å². The van der Waals surface area contributed by atoms with Gasteiger partial charge in [-0.2, -0.15) is 0 Å². The molecule has 2 nitrogen and oxygen atoms in total. The number of fused-ring (bicyclic) bond motifs is 1. The van der Waals surface area contributed by atoms with E-state index in [1.165, 1.54) is 0 Å². The Balaban J connectivity index is 2.77. The molecule has 0 spiro atoms. The molecule has 1 aromatic heterocycles. The van der Waals surface area contributed by atoms with Crippen molar-refractivity contribution in [2.45, 2.75) is 0 Å². The summed E-state index contributed by atoms with van der Waals surface area (Å²) < 4.78 is 0. The van der Waals surface area contributed by atoms with Crippen molar-refractivity contribution in [1.29, 1.82) is 0 Å². The van der Waals surface area contributed by atoms with Crippen molar-refractivity contribution >= 4 is 28.1 Å². The van der Waals surface area contributed by atoms with Gasteiger partial charge in [0.1, 0.15) is 5.15 Å². The van der Waals surface area contributed by atoms with Crippen molar-refractivity contribution < 1.29 is 0 Å². The van der Waals surface area contributed by atoms with Crippen LogP contribution in [0.5, 0.6) is 0 Å². The highest BCUT2D eigenvalue weighted by Crippen LogP contribution is 2.23. The van der Waals surface area contributed by atoms with Crippen LogP contribution in [0.2, 0.25) is 5.15 Å². The van der Waals surface area contributed by atoms with Crippen LogP contribution in [0.15, 0.2) is 30.5 Å². The van der Waals surface area contributed by atoms with Crippen LogP contribution in [0.3, 0.4) is 0 Å². The Bertz CT molecular complexity index is 440. The monoisotopic (exact) mass is 192 g/mol. The highest BCUT2D eigenvalue weighted by Gasteiger charge is 1.99. The van der Waals surface area contributed by atoms with E-state index in [4.69, 9.17) is 11.6 Å². The minimum absolute atomic E-state index is 0.528. The summed E-state index contributed by atoms with van der Waals surface area (Å²) in [5.74, 6) is 0. The molecule has 66 valence electrons. The summed E-state index contributed by atoms with van der Waals surface area (Å²) in [6, 6.07) is 7.88. The third-order valence-electron chi connectivity index (χ3n) is 2.00. The lowest BCUT2D eigenvalue weighted by atomic mass is 10.1. The molecule has 0 unspecified atom stereocenters. The van der Waals surface area contributed by atoms with E-state index in [1.807, 2.05) is 31.3 Å². The standard InChI is InChI=1S/C10H9ClN2/c1-12-9-4-2-3-7-5-10(11)13-6-8(7)9/h2-6,12H,1H3. The Morgan fingerprint density at radius 1 is 1.38 bits per heavy atom. The Hall–Kier alpha value is -1.28. The molecule has 3 heteroatoms. The minimum Gasteiger partial charge on any atom is -0.388 e. The number of rotatable bonds is 1. The predicted molar refractivity (Wildman–Crippen MR) is 56.3 cm³/mol. The van der Waals surface area contributed by atoms with Crippen LogP contribution in [0.25, 0.3) is 10.8 Å². The van der Waals surface area contributed by atoms with Crippen LogP contribution in [-0.4, -0.2) is 12.0 Å². The molecule has 0 aliphatic carbocycles. The van der Waals surface area contributed by atoms with Crippen LogP contribution >= 0.6 is 11.6 Å². The van der Waals surface area contributed by atoms with E-state index in [-0.39, 0.29) is 0 Å². The maximum absolute atomic E-state index is 5.78. The maximum Gasteiger partial charge on any atom is 0.129 e. The van der Waals surface area contributed by atoms with Gasteiger partial charge in [0.15, 0.2) is 0 Å². The second-order valence-corrected chi connectivity index (χ2v) is 3.17. The lowest BCUT2D eigenvalue weighted by Crippen LogP contribution is -1.89. The number of aromatic nitrogens is 1. The largest absolute Gasteiger partial charge is 0.388 e. The zero-order valence-electron chi connectivity index (χ0n) is 7.21. The third-order valence-corrected chi connectivity index (χ3v) is 2.21. The van der Waals surface area contributed by atoms with Crippen LogP contribution in [-0.2, 0) is 0 Å². The van der Waals surface area contributed by atoms with Gasteiger partial charge in [0.2, 0.25) is 0 Å². The van der Waals surface area contributed by atoms with Crippen molar-refractivity contribution in [3.8, 4) is 0 Å². The predicted octanol–water partition coefficient (Wildman–Crippen LogP) is 2.93. The molecule has 1 aromatic carbocycles. The van der Waals surface area contributed by atoms with Crippen molar-refractivity contribution in [2.75, 3.05) is 12.4 Å². The normalized spacial score (nSPS) is 10.3. The minimum atomic E-state index is 0.528. The number of hydrogen-bond acceptors (Lipinski definition) is 2. The average Bonchev–Trinajstić information content (AvgIpc) is 2.16. The topological polar surface area (TPSA) is 24.9 Å². The zero-order valence-corrected chi connectivity index (χ0v) is 7.97. The van der Waals surface area contributed by atoms with Gasteiger partial charge in [-0.1, -0.05) is 23.7 Å². The molecular formula is C10H9ClN2. The summed E-state index contributed by atoms with van der Waals surface area (Å²) in [5, 5.41) is 5.83. The molecule has 0 atom stereocenters. The molecule has 1 heterocycles. The van der Waals surface area contributed by atoms with E-state index in [2.05, 4.69) is 10.3 Å². The number of halogens is 1. The molecule has 0 radical (unpaired) electrons. The van der Waals surface area contributed by atoms with Crippen molar-refractivity contribution in [1.82, 2.24) is 4.98 Å². The van der Waals surface area contributed by atoms with Crippen molar-refractivity contribution in [2.24, 2.45) is 0 Å². The Morgan fingerprint density at radius 2 is 2.23 bits per heavy atom. The van der Waals surface area contributed by atoms with Gasteiger partial charge in [0, 0.05) is 24.3 Å². The molecule has 0 aliphatic heterocycles. The van der Waals surface area contributed by atoms with Gasteiger partial charge in [-0.05, 0) is 17.5 Å². The smallest absolute Gasteiger partial charge is 0.129 e. The number of anilines is 1. The lowest BCUT2D eigenvalue weighted by molar-refractivity contribution is 1.36. The number of pyridine rings is 1. The second kappa shape index (κ2) is 3.23. The first-order valence-corrected chi connectivity index (χ1v) is 4.41. The molecule has 1 N–H and O–H groups in total. The number of hydrogen-bond donors (Lipinski definition) is 1. The Morgan fingerprint density at radius 3 is 3.00 bits per heavy atom. The summed E-state index contributed by atoms with van der Waals surface area (Å²) in [6.07, 6.45) is 1.78. The van der Waals surface area contributed by atoms with Gasteiger partial charge in [0.25, 0.3) is 0 Å². The fourth-order valence-corrected chi connectivity index (χ4v) is 1.53. The van der Waals surface area contributed by atoms with Gasteiger partial charge >= 0.3 is 0 Å². The van der Waals surface area contributed by atoms with Gasteiger partial charge in [-0.15, -0.1) is 0 Å². The van der Waals surface area contributed by atoms with Crippen LogP contribution in [0, 0.1) is 0 Å². The van der Waals surface area contributed by atoms with Gasteiger partial charge in [-0.3, -0.25) is 0 Å². The summed E-state index contributed by atoms with van der Waals surface area (Å²) in [7, 11) is 1.89.